The summed E-state index contributed by atoms with van der Waals surface area (Å²) in [5.74, 6) is 0. The maximum Gasteiger partial charge on any atom is 0.278 e. The highest BCUT2D eigenvalue weighted by Gasteiger charge is 2.10. The van der Waals surface area contributed by atoms with Gasteiger partial charge in [-0.3, -0.25) is 10.1 Å². The summed E-state index contributed by atoms with van der Waals surface area (Å²) in [4.78, 5) is 10.9. The Labute approximate surface area is 118 Å². The van der Waals surface area contributed by atoms with Crippen LogP contribution in [0.1, 0.15) is 11.1 Å². The Morgan fingerprint density at radius 1 is 1.15 bits per heavy atom. The summed E-state index contributed by atoms with van der Waals surface area (Å²) in [6.07, 6.45) is 1.27. The number of para-hydroxylation sites is 1. The zero-order chi connectivity index (χ0) is 14.5. The second-order valence-corrected chi connectivity index (χ2v) is 5.29. The van der Waals surface area contributed by atoms with E-state index in [0.717, 1.165) is 5.56 Å². The van der Waals surface area contributed by atoms with Gasteiger partial charge in [-0.15, -0.1) is 0 Å². The van der Waals surface area contributed by atoms with Crippen molar-refractivity contribution in [3.8, 4) is 0 Å². The normalized spacial score (nSPS) is 12.4. The van der Waals surface area contributed by atoms with Crippen molar-refractivity contribution in [1.29, 1.82) is 0 Å². The van der Waals surface area contributed by atoms with E-state index in [2.05, 4.69) is 4.40 Å². The molecule has 1 atom stereocenters. The Balaban J connectivity index is 2.23. The van der Waals surface area contributed by atoms with E-state index in [1.165, 1.54) is 12.3 Å². The van der Waals surface area contributed by atoms with Gasteiger partial charge < -0.3 is 0 Å². The predicted octanol–water partition coefficient (Wildman–Crippen LogP) is 3.04. The van der Waals surface area contributed by atoms with Crippen molar-refractivity contribution >= 4 is 22.9 Å². The van der Waals surface area contributed by atoms with E-state index in [-0.39, 0.29) is 5.69 Å². The molecule has 0 fully saturated rings. The molecule has 0 aliphatic carbocycles. The Hall–Kier alpha value is -2.34. The molecule has 2 rings (SSSR count). The van der Waals surface area contributed by atoms with Crippen molar-refractivity contribution in [1.82, 2.24) is 0 Å². The first-order valence-corrected chi connectivity index (χ1v) is 6.94. The molecule has 0 radical (unpaired) electrons. The van der Waals surface area contributed by atoms with Gasteiger partial charge in [-0.2, -0.15) is 4.40 Å². The van der Waals surface area contributed by atoms with Gasteiger partial charge in [0.15, 0.2) is 11.0 Å². The van der Waals surface area contributed by atoms with E-state index < -0.39 is 15.9 Å². The number of benzene rings is 2. The third-order valence-corrected chi connectivity index (χ3v) is 3.62. The summed E-state index contributed by atoms with van der Waals surface area (Å²) >= 11 is 0. The first kappa shape index (κ1) is 14.1. The number of hydrogen-bond acceptors (Lipinski definition) is 3. The van der Waals surface area contributed by atoms with Crippen LogP contribution in [0, 0.1) is 17.0 Å². The molecule has 0 saturated carbocycles. The maximum absolute atomic E-state index is 12.0. The van der Waals surface area contributed by atoms with Gasteiger partial charge in [0.2, 0.25) is 0 Å². The molecule has 2 aromatic rings. The second-order valence-electron chi connectivity index (χ2n) is 4.11. The van der Waals surface area contributed by atoms with Crippen molar-refractivity contribution in [2.45, 2.75) is 11.8 Å². The molecule has 0 amide bonds. The quantitative estimate of drug-likeness (QED) is 0.493. The number of hydrogen-bond donors (Lipinski definition) is 0. The van der Waals surface area contributed by atoms with E-state index >= 15 is 0 Å². The fraction of sp³-hybridized carbons (Fsp3) is 0.0714. The van der Waals surface area contributed by atoms with Crippen molar-refractivity contribution in [2.24, 2.45) is 4.40 Å². The average Bonchev–Trinajstić information content (AvgIpc) is 2.45. The number of nitro groups is 1. The topological polar surface area (TPSA) is 72.6 Å². The van der Waals surface area contributed by atoms with Crippen LogP contribution in [-0.4, -0.2) is 15.3 Å². The van der Waals surface area contributed by atoms with Gasteiger partial charge in [-0.25, -0.2) is 4.21 Å². The predicted molar refractivity (Wildman–Crippen MR) is 78.3 cm³/mol. The SMILES string of the molecule is Cc1ccc([S@](=O)/N=C/c2ccccc2[N+](=O)[O-])cc1. The molecular formula is C14H12N2O3S. The summed E-state index contributed by atoms with van der Waals surface area (Å²) in [7, 11) is -1.57. The lowest BCUT2D eigenvalue weighted by Crippen LogP contribution is -1.95. The smallest absolute Gasteiger partial charge is 0.258 e. The maximum atomic E-state index is 12.0. The Morgan fingerprint density at radius 3 is 2.45 bits per heavy atom. The third-order valence-electron chi connectivity index (χ3n) is 2.64. The van der Waals surface area contributed by atoms with Crippen LogP contribution < -0.4 is 0 Å². The highest BCUT2D eigenvalue weighted by atomic mass is 32.2. The van der Waals surface area contributed by atoms with E-state index in [9.17, 15) is 14.3 Å². The molecule has 0 spiro atoms. The minimum Gasteiger partial charge on any atom is -0.258 e. The van der Waals surface area contributed by atoms with Crippen LogP contribution in [0.15, 0.2) is 57.8 Å². The molecule has 2 aromatic carbocycles. The van der Waals surface area contributed by atoms with Crippen molar-refractivity contribution < 1.29 is 9.13 Å². The van der Waals surface area contributed by atoms with Gasteiger partial charge >= 0.3 is 0 Å². The summed E-state index contributed by atoms with van der Waals surface area (Å²) in [6.45, 7) is 1.93. The minimum absolute atomic E-state index is 0.0582. The molecule has 5 nitrogen and oxygen atoms in total. The Morgan fingerprint density at radius 2 is 1.80 bits per heavy atom. The highest BCUT2D eigenvalue weighted by Crippen LogP contribution is 2.16. The average molecular weight is 288 g/mol. The molecular weight excluding hydrogens is 276 g/mol. The zero-order valence-electron chi connectivity index (χ0n) is 10.7. The fourth-order valence-corrected chi connectivity index (χ4v) is 2.28. The molecule has 6 heteroatoms. The van der Waals surface area contributed by atoms with Crippen molar-refractivity contribution in [2.75, 3.05) is 0 Å². The molecule has 0 N–H and O–H groups in total. The molecule has 0 heterocycles. The van der Waals surface area contributed by atoms with Crippen molar-refractivity contribution in [3.05, 3.63) is 69.8 Å². The Bertz CT molecular complexity index is 681. The summed E-state index contributed by atoms with van der Waals surface area (Å²) < 4.78 is 15.8. The zero-order valence-corrected chi connectivity index (χ0v) is 11.5. The molecule has 0 aliphatic rings. The summed E-state index contributed by atoms with van der Waals surface area (Å²) in [5.41, 5.74) is 1.34. The monoisotopic (exact) mass is 288 g/mol. The largest absolute Gasteiger partial charge is 0.278 e. The highest BCUT2D eigenvalue weighted by molar-refractivity contribution is 7.83. The molecule has 0 saturated heterocycles. The van der Waals surface area contributed by atoms with Crippen LogP contribution >= 0.6 is 0 Å². The van der Waals surface area contributed by atoms with Crippen LogP contribution in [0.3, 0.4) is 0 Å². The number of nitro benzene ring substituents is 1. The van der Waals surface area contributed by atoms with Crippen LogP contribution in [0.4, 0.5) is 5.69 Å². The number of aryl methyl sites for hydroxylation is 1. The summed E-state index contributed by atoms with van der Waals surface area (Å²) in [5, 5.41) is 10.8. The third kappa shape index (κ3) is 3.36. The molecule has 0 aromatic heterocycles. The standard InChI is InChI=1S/C14H12N2O3S/c1-11-6-8-13(9-7-11)20(19)15-10-12-4-2-3-5-14(12)16(17)18/h2-10H,1H3/b15-10+/t20-/m0/s1. The van der Waals surface area contributed by atoms with E-state index in [0.29, 0.717) is 10.5 Å². The van der Waals surface area contributed by atoms with Gasteiger partial charge in [-0.05, 0) is 25.1 Å². The van der Waals surface area contributed by atoms with Gasteiger partial charge in [-0.1, -0.05) is 29.8 Å². The van der Waals surface area contributed by atoms with Gasteiger partial charge in [0.1, 0.15) is 0 Å². The van der Waals surface area contributed by atoms with Gasteiger partial charge in [0.05, 0.1) is 21.6 Å². The number of nitrogens with zero attached hydrogens (tertiary/aromatic N) is 2. The number of rotatable bonds is 4. The lowest BCUT2D eigenvalue weighted by atomic mass is 10.2. The van der Waals surface area contributed by atoms with E-state index in [1.54, 1.807) is 30.3 Å². The lowest BCUT2D eigenvalue weighted by molar-refractivity contribution is -0.385. The molecule has 0 aliphatic heterocycles. The van der Waals surface area contributed by atoms with Crippen molar-refractivity contribution in [3.63, 3.8) is 0 Å². The van der Waals surface area contributed by atoms with Crippen LogP contribution in [0.5, 0.6) is 0 Å². The first-order chi connectivity index (χ1) is 9.58. The van der Waals surface area contributed by atoms with Gasteiger partial charge in [0, 0.05) is 6.07 Å². The first-order valence-electron chi connectivity index (χ1n) is 5.84. The van der Waals surface area contributed by atoms with Crippen LogP contribution in [-0.2, 0) is 11.0 Å². The molecule has 20 heavy (non-hydrogen) atoms. The molecule has 102 valence electrons. The second kappa shape index (κ2) is 6.21. The van der Waals surface area contributed by atoms with E-state index in [4.69, 9.17) is 0 Å². The lowest BCUT2D eigenvalue weighted by Gasteiger charge is -1.98. The van der Waals surface area contributed by atoms with Crippen LogP contribution in [0.2, 0.25) is 0 Å². The molecule has 0 bridgehead atoms. The summed E-state index contributed by atoms with van der Waals surface area (Å²) in [6, 6.07) is 13.3. The minimum atomic E-state index is -1.57. The fourth-order valence-electron chi connectivity index (χ4n) is 1.58. The van der Waals surface area contributed by atoms with E-state index in [1.807, 2.05) is 19.1 Å². The van der Waals surface area contributed by atoms with Crippen LogP contribution in [0.25, 0.3) is 0 Å². The molecule has 0 unspecified atom stereocenters. The van der Waals surface area contributed by atoms with Gasteiger partial charge in [0.25, 0.3) is 5.69 Å². The Kier molecular flexibility index (Phi) is 4.37.